The van der Waals surface area contributed by atoms with Crippen molar-refractivity contribution < 1.29 is 29.6 Å². The summed E-state index contributed by atoms with van der Waals surface area (Å²) in [6.07, 6.45) is -3.31. The van der Waals surface area contributed by atoms with Gasteiger partial charge in [0.15, 0.2) is 0 Å². The first-order valence-electron chi connectivity index (χ1n) is 4.70. The number of aliphatic carboxylic acids is 1. The van der Waals surface area contributed by atoms with Crippen molar-refractivity contribution in [2.75, 3.05) is 7.11 Å². The SMILES string of the molecule is COC(=O)c1cc(C(O)C(O)CC(=O)O)cs1. The van der Waals surface area contributed by atoms with Gasteiger partial charge in [-0.3, -0.25) is 4.79 Å². The predicted molar refractivity (Wildman–Crippen MR) is 58.9 cm³/mol. The van der Waals surface area contributed by atoms with Gasteiger partial charge in [0.25, 0.3) is 0 Å². The molecule has 0 saturated heterocycles. The monoisotopic (exact) mass is 260 g/mol. The number of hydrogen-bond acceptors (Lipinski definition) is 6. The summed E-state index contributed by atoms with van der Waals surface area (Å²) in [6.45, 7) is 0. The molecule has 0 saturated carbocycles. The lowest BCUT2D eigenvalue weighted by Crippen LogP contribution is -2.21. The van der Waals surface area contributed by atoms with E-state index in [1.165, 1.54) is 18.6 Å². The highest BCUT2D eigenvalue weighted by molar-refractivity contribution is 7.12. The molecule has 0 aliphatic rings. The zero-order valence-corrected chi connectivity index (χ0v) is 9.81. The Hall–Kier alpha value is -1.44. The van der Waals surface area contributed by atoms with Crippen LogP contribution in [0.2, 0.25) is 0 Å². The summed E-state index contributed by atoms with van der Waals surface area (Å²) in [5, 5.41) is 29.0. The number of ether oxygens (including phenoxy) is 1. The van der Waals surface area contributed by atoms with E-state index in [0.717, 1.165) is 11.3 Å². The van der Waals surface area contributed by atoms with E-state index < -0.39 is 30.6 Å². The fraction of sp³-hybridized carbons (Fsp3) is 0.400. The number of carboxylic acid groups (broad SMARTS) is 1. The van der Waals surface area contributed by atoms with Gasteiger partial charge in [0.1, 0.15) is 11.0 Å². The van der Waals surface area contributed by atoms with E-state index in [9.17, 15) is 19.8 Å². The second kappa shape index (κ2) is 5.76. The van der Waals surface area contributed by atoms with Gasteiger partial charge in [-0.05, 0) is 17.0 Å². The van der Waals surface area contributed by atoms with Crippen LogP contribution >= 0.6 is 11.3 Å². The fourth-order valence-corrected chi connectivity index (χ4v) is 2.08. The van der Waals surface area contributed by atoms with Crippen molar-refractivity contribution in [3.8, 4) is 0 Å². The second-order valence-corrected chi connectivity index (χ2v) is 4.26. The Morgan fingerprint density at radius 1 is 1.47 bits per heavy atom. The van der Waals surface area contributed by atoms with Crippen molar-refractivity contribution in [2.45, 2.75) is 18.6 Å². The fourth-order valence-electron chi connectivity index (χ4n) is 1.23. The molecule has 1 rings (SSSR count). The molecule has 0 fully saturated rings. The molecule has 17 heavy (non-hydrogen) atoms. The maximum atomic E-state index is 11.1. The summed E-state index contributed by atoms with van der Waals surface area (Å²) in [4.78, 5) is 21.8. The van der Waals surface area contributed by atoms with Gasteiger partial charge in [-0.2, -0.15) is 0 Å². The van der Waals surface area contributed by atoms with Crippen LogP contribution in [0.4, 0.5) is 0 Å². The highest BCUT2D eigenvalue weighted by atomic mass is 32.1. The number of methoxy groups -OCH3 is 1. The lowest BCUT2D eigenvalue weighted by atomic mass is 10.1. The first-order valence-corrected chi connectivity index (χ1v) is 5.58. The third kappa shape index (κ3) is 3.52. The molecule has 94 valence electrons. The minimum atomic E-state index is -1.41. The molecule has 1 heterocycles. The number of carboxylic acids is 1. The van der Waals surface area contributed by atoms with Crippen LogP contribution in [0.3, 0.4) is 0 Å². The van der Waals surface area contributed by atoms with Gasteiger partial charge in [-0.25, -0.2) is 4.79 Å². The Balaban J connectivity index is 2.75. The van der Waals surface area contributed by atoms with Crippen LogP contribution < -0.4 is 0 Å². The minimum absolute atomic E-state index is 0.282. The average Bonchev–Trinajstić information content (AvgIpc) is 2.75. The Morgan fingerprint density at radius 2 is 2.12 bits per heavy atom. The first kappa shape index (κ1) is 13.6. The Bertz CT molecular complexity index is 413. The Kier molecular flexibility index (Phi) is 4.62. The van der Waals surface area contributed by atoms with Crippen molar-refractivity contribution in [1.82, 2.24) is 0 Å². The number of aliphatic hydroxyl groups excluding tert-OH is 2. The van der Waals surface area contributed by atoms with Gasteiger partial charge < -0.3 is 20.1 Å². The van der Waals surface area contributed by atoms with Crippen molar-refractivity contribution in [3.05, 3.63) is 21.9 Å². The van der Waals surface area contributed by atoms with E-state index in [4.69, 9.17) is 5.11 Å². The Morgan fingerprint density at radius 3 is 2.65 bits per heavy atom. The summed E-state index contributed by atoms with van der Waals surface area (Å²) in [6, 6.07) is 1.37. The van der Waals surface area contributed by atoms with Crippen LogP contribution in [-0.4, -0.2) is 40.5 Å². The van der Waals surface area contributed by atoms with Gasteiger partial charge >= 0.3 is 11.9 Å². The molecular weight excluding hydrogens is 248 g/mol. The molecule has 0 spiro atoms. The van der Waals surface area contributed by atoms with Crippen LogP contribution in [0.5, 0.6) is 0 Å². The van der Waals surface area contributed by atoms with Crippen molar-refractivity contribution in [3.63, 3.8) is 0 Å². The molecule has 3 N–H and O–H groups in total. The number of carbonyl (C=O) groups is 2. The molecule has 0 radical (unpaired) electrons. The maximum Gasteiger partial charge on any atom is 0.348 e. The third-order valence-electron chi connectivity index (χ3n) is 2.10. The first-order chi connectivity index (χ1) is 7.95. The number of esters is 1. The lowest BCUT2D eigenvalue weighted by Gasteiger charge is -2.14. The number of thiophene rings is 1. The molecular formula is C10H12O6S. The van der Waals surface area contributed by atoms with Gasteiger partial charge in [-0.1, -0.05) is 0 Å². The van der Waals surface area contributed by atoms with Gasteiger partial charge in [-0.15, -0.1) is 11.3 Å². The highest BCUT2D eigenvalue weighted by Gasteiger charge is 2.23. The highest BCUT2D eigenvalue weighted by Crippen LogP contribution is 2.25. The number of carbonyl (C=O) groups excluding carboxylic acids is 1. The van der Waals surface area contributed by atoms with E-state index in [1.54, 1.807) is 0 Å². The van der Waals surface area contributed by atoms with Crippen LogP contribution in [0.25, 0.3) is 0 Å². The van der Waals surface area contributed by atoms with E-state index in [0.29, 0.717) is 5.56 Å². The molecule has 1 aromatic heterocycles. The van der Waals surface area contributed by atoms with Gasteiger partial charge in [0.2, 0.25) is 0 Å². The van der Waals surface area contributed by atoms with Crippen molar-refractivity contribution in [1.29, 1.82) is 0 Å². The molecule has 1 aromatic rings. The van der Waals surface area contributed by atoms with Crippen LogP contribution in [0.15, 0.2) is 11.4 Å². The van der Waals surface area contributed by atoms with Crippen LogP contribution in [0.1, 0.15) is 27.8 Å². The van der Waals surface area contributed by atoms with Gasteiger partial charge in [0, 0.05) is 0 Å². The van der Waals surface area contributed by atoms with Crippen molar-refractivity contribution >= 4 is 23.3 Å². The molecule has 0 amide bonds. The van der Waals surface area contributed by atoms with Crippen LogP contribution in [0, 0.1) is 0 Å². The second-order valence-electron chi connectivity index (χ2n) is 3.35. The summed E-state index contributed by atoms with van der Waals surface area (Å²) in [5.41, 5.74) is 0.296. The molecule has 6 nitrogen and oxygen atoms in total. The molecule has 2 atom stereocenters. The summed E-state index contributed by atoms with van der Waals surface area (Å²) < 4.78 is 4.49. The Labute approximate surface area is 101 Å². The number of rotatable bonds is 5. The topological polar surface area (TPSA) is 104 Å². The zero-order valence-electron chi connectivity index (χ0n) is 8.99. The van der Waals surface area contributed by atoms with Crippen molar-refractivity contribution in [2.24, 2.45) is 0 Å². The quantitative estimate of drug-likeness (QED) is 0.662. The van der Waals surface area contributed by atoms with Gasteiger partial charge in [0.05, 0.1) is 19.6 Å². The third-order valence-corrected chi connectivity index (χ3v) is 3.02. The van der Waals surface area contributed by atoms with E-state index in [2.05, 4.69) is 4.74 Å². The molecule has 0 aromatic carbocycles. The maximum absolute atomic E-state index is 11.1. The predicted octanol–water partition coefficient (Wildman–Crippen LogP) is 0.404. The van der Waals surface area contributed by atoms with Crippen LogP contribution in [-0.2, 0) is 9.53 Å². The summed E-state index contributed by atoms with van der Waals surface area (Å²) >= 11 is 1.05. The molecule has 0 aliphatic heterocycles. The normalized spacial score (nSPS) is 14.1. The zero-order chi connectivity index (χ0) is 13.0. The van der Waals surface area contributed by atoms with E-state index >= 15 is 0 Å². The lowest BCUT2D eigenvalue weighted by molar-refractivity contribution is -0.141. The summed E-state index contributed by atoms with van der Waals surface area (Å²) in [5.74, 6) is -1.75. The molecule has 0 bridgehead atoms. The molecule has 2 unspecified atom stereocenters. The van der Waals surface area contributed by atoms with E-state index in [-0.39, 0.29) is 4.88 Å². The summed E-state index contributed by atoms with van der Waals surface area (Å²) in [7, 11) is 1.23. The largest absolute Gasteiger partial charge is 0.481 e. The number of aliphatic hydroxyl groups is 2. The number of hydrogen-bond donors (Lipinski definition) is 3. The minimum Gasteiger partial charge on any atom is -0.481 e. The van der Waals surface area contributed by atoms with E-state index in [1.807, 2.05) is 0 Å². The standard InChI is InChI=1S/C10H12O6S/c1-16-10(15)7-2-5(4-17-7)9(14)6(11)3-8(12)13/h2,4,6,9,11,14H,3H2,1H3,(H,12,13). The molecule has 0 aliphatic carbocycles. The average molecular weight is 260 g/mol. The molecule has 7 heteroatoms. The smallest absolute Gasteiger partial charge is 0.348 e.